The first-order valence-corrected chi connectivity index (χ1v) is 7.46. The lowest BCUT2D eigenvalue weighted by molar-refractivity contribution is 0.104. The molecule has 0 fully saturated rings. The monoisotopic (exact) mass is 324 g/mol. The van der Waals surface area contributed by atoms with Crippen LogP contribution in [0.4, 0.5) is 0 Å². The number of ketones is 1. The van der Waals surface area contributed by atoms with Crippen LogP contribution in [0.15, 0.2) is 61.2 Å². The zero-order valence-corrected chi connectivity index (χ0v) is 13.8. The topological polar surface area (TPSA) is 44.8 Å². The van der Waals surface area contributed by atoms with E-state index in [-0.39, 0.29) is 5.78 Å². The van der Waals surface area contributed by atoms with Crippen molar-refractivity contribution in [3.05, 3.63) is 72.3 Å². The van der Waals surface area contributed by atoms with Crippen molar-refractivity contribution in [3.8, 4) is 17.2 Å². The van der Waals surface area contributed by atoms with Gasteiger partial charge in [0.2, 0.25) is 0 Å². The molecule has 0 bridgehead atoms. The van der Waals surface area contributed by atoms with Gasteiger partial charge in [0, 0.05) is 5.56 Å². The number of methoxy groups -OCH3 is 2. The molecule has 0 aliphatic rings. The van der Waals surface area contributed by atoms with E-state index in [1.165, 1.54) is 13.2 Å². The van der Waals surface area contributed by atoms with E-state index in [1.54, 1.807) is 37.5 Å². The number of hydrogen-bond acceptors (Lipinski definition) is 4. The maximum absolute atomic E-state index is 12.3. The molecule has 0 amide bonds. The minimum atomic E-state index is -0.117. The molecule has 0 unspecified atom stereocenters. The van der Waals surface area contributed by atoms with Crippen molar-refractivity contribution in [1.29, 1.82) is 0 Å². The van der Waals surface area contributed by atoms with Gasteiger partial charge in [0.25, 0.3) is 0 Å². The number of ether oxygens (including phenoxy) is 3. The highest BCUT2D eigenvalue weighted by Crippen LogP contribution is 2.27. The Morgan fingerprint density at radius 3 is 2.58 bits per heavy atom. The van der Waals surface area contributed by atoms with Crippen LogP contribution in [0, 0.1) is 0 Å². The van der Waals surface area contributed by atoms with E-state index in [1.807, 2.05) is 24.3 Å². The highest BCUT2D eigenvalue weighted by Gasteiger charge is 2.08. The maximum atomic E-state index is 12.3. The predicted molar refractivity (Wildman–Crippen MR) is 95.0 cm³/mol. The summed E-state index contributed by atoms with van der Waals surface area (Å²) in [5, 5.41) is 0. The molecule has 124 valence electrons. The number of allylic oxidation sites excluding steroid dienone is 1. The Hall–Kier alpha value is -3.01. The third-order valence-electron chi connectivity index (χ3n) is 3.32. The summed E-state index contributed by atoms with van der Waals surface area (Å²) in [6.45, 7) is 4.06. The first kappa shape index (κ1) is 17.3. The minimum Gasteiger partial charge on any atom is -0.493 e. The Labute approximate surface area is 142 Å². The molecule has 0 aliphatic heterocycles. The van der Waals surface area contributed by atoms with Gasteiger partial charge in [-0.1, -0.05) is 30.9 Å². The number of hydrogen-bond donors (Lipinski definition) is 0. The molecule has 24 heavy (non-hydrogen) atoms. The van der Waals surface area contributed by atoms with Gasteiger partial charge in [0.1, 0.15) is 12.4 Å². The normalized spacial score (nSPS) is 10.4. The second-order valence-electron chi connectivity index (χ2n) is 4.94. The lowest BCUT2D eigenvalue weighted by Crippen LogP contribution is -1.97. The average Bonchev–Trinajstić information content (AvgIpc) is 2.64. The highest BCUT2D eigenvalue weighted by molar-refractivity contribution is 6.07. The standard InChI is InChI=1S/C20H20O4/c1-4-12-24-17-7-5-6-15(13-17)8-10-18(21)16-9-11-19(22-2)20(14-16)23-3/h4-11,13-14H,1,12H2,2-3H3/b10-8+. The smallest absolute Gasteiger partial charge is 0.185 e. The van der Waals surface area contributed by atoms with Gasteiger partial charge in [-0.3, -0.25) is 4.79 Å². The summed E-state index contributed by atoms with van der Waals surface area (Å²) in [5.74, 6) is 1.73. The van der Waals surface area contributed by atoms with Gasteiger partial charge in [-0.05, 0) is 42.0 Å². The quantitative estimate of drug-likeness (QED) is 0.415. The molecule has 4 nitrogen and oxygen atoms in total. The molecule has 0 aromatic heterocycles. The predicted octanol–water partition coefficient (Wildman–Crippen LogP) is 4.16. The van der Waals surface area contributed by atoms with Crippen molar-refractivity contribution < 1.29 is 19.0 Å². The van der Waals surface area contributed by atoms with Crippen molar-refractivity contribution in [2.75, 3.05) is 20.8 Å². The molecular weight excluding hydrogens is 304 g/mol. The highest BCUT2D eigenvalue weighted by atomic mass is 16.5. The average molecular weight is 324 g/mol. The summed E-state index contributed by atoms with van der Waals surface area (Å²) in [5.41, 5.74) is 1.41. The second kappa shape index (κ2) is 8.58. The van der Waals surface area contributed by atoms with E-state index in [0.29, 0.717) is 23.7 Å². The van der Waals surface area contributed by atoms with Crippen molar-refractivity contribution in [2.24, 2.45) is 0 Å². The summed E-state index contributed by atoms with van der Waals surface area (Å²) >= 11 is 0. The van der Waals surface area contributed by atoms with Gasteiger partial charge in [0.05, 0.1) is 14.2 Å². The fraction of sp³-hybridized carbons (Fsp3) is 0.150. The van der Waals surface area contributed by atoms with E-state index in [2.05, 4.69) is 6.58 Å². The Bertz CT molecular complexity index is 747. The van der Waals surface area contributed by atoms with E-state index >= 15 is 0 Å². The third kappa shape index (κ3) is 4.49. The minimum absolute atomic E-state index is 0.117. The Kier molecular flexibility index (Phi) is 6.20. The Morgan fingerprint density at radius 1 is 1.08 bits per heavy atom. The first-order valence-electron chi connectivity index (χ1n) is 7.46. The summed E-state index contributed by atoms with van der Waals surface area (Å²) in [6.07, 6.45) is 4.96. The van der Waals surface area contributed by atoms with Crippen LogP contribution < -0.4 is 14.2 Å². The Morgan fingerprint density at radius 2 is 1.88 bits per heavy atom. The largest absolute Gasteiger partial charge is 0.493 e. The van der Waals surface area contributed by atoms with Crippen molar-refractivity contribution in [3.63, 3.8) is 0 Å². The lowest BCUT2D eigenvalue weighted by atomic mass is 10.1. The summed E-state index contributed by atoms with van der Waals surface area (Å²) in [6, 6.07) is 12.6. The second-order valence-corrected chi connectivity index (χ2v) is 4.94. The van der Waals surface area contributed by atoms with E-state index in [4.69, 9.17) is 14.2 Å². The van der Waals surface area contributed by atoms with Gasteiger partial charge >= 0.3 is 0 Å². The molecule has 2 rings (SSSR count). The molecular formula is C20H20O4. The van der Waals surface area contributed by atoms with E-state index in [0.717, 1.165) is 11.3 Å². The third-order valence-corrected chi connectivity index (χ3v) is 3.32. The summed E-state index contributed by atoms with van der Waals surface area (Å²) in [4.78, 5) is 12.3. The molecule has 0 spiro atoms. The molecule has 0 saturated carbocycles. The molecule has 2 aromatic rings. The number of carbonyl (C=O) groups excluding carboxylic acids is 1. The molecule has 0 radical (unpaired) electrons. The lowest BCUT2D eigenvalue weighted by Gasteiger charge is -2.08. The van der Waals surface area contributed by atoms with Crippen LogP contribution in [0.1, 0.15) is 15.9 Å². The van der Waals surface area contributed by atoms with Gasteiger partial charge in [-0.2, -0.15) is 0 Å². The molecule has 0 atom stereocenters. The summed E-state index contributed by atoms with van der Waals surface area (Å²) in [7, 11) is 3.09. The van der Waals surface area contributed by atoms with Crippen LogP contribution in [0.3, 0.4) is 0 Å². The van der Waals surface area contributed by atoms with Crippen LogP contribution in [0.5, 0.6) is 17.2 Å². The molecule has 0 aliphatic carbocycles. The van der Waals surface area contributed by atoms with Crippen LogP contribution >= 0.6 is 0 Å². The van der Waals surface area contributed by atoms with Gasteiger partial charge in [-0.25, -0.2) is 0 Å². The number of carbonyl (C=O) groups is 1. The maximum Gasteiger partial charge on any atom is 0.185 e. The summed E-state index contributed by atoms with van der Waals surface area (Å²) < 4.78 is 15.9. The number of rotatable bonds is 8. The fourth-order valence-electron chi connectivity index (χ4n) is 2.12. The Balaban J connectivity index is 2.14. The zero-order chi connectivity index (χ0) is 17.4. The van der Waals surface area contributed by atoms with Crippen LogP contribution in [0.2, 0.25) is 0 Å². The van der Waals surface area contributed by atoms with Gasteiger partial charge in [0.15, 0.2) is 17.3 Å². The van der Waals surface area contributed by atoms with Crippen LogP contribution in [-0.4, -0.2) is 26.6 Å². The number of benzene rings is 2. The van der Waals surface area contributed by atoms with Crippen molar-refractivity contribution >= 4 is 11.9 Å². The van der Waals surface area contributed by atoms with Crippen molar-refractivity contribution in [2.45, 2.75) is 0 Å². The molecule has 0 saturated heterocycles. The molecule has 2 aromatic carbocycles. The fourth-order valence-corrected chi connectivity index (χ4v) is 2.12. The van der Waals surface area contributed by atoms with Crippen molar-refractivity contribution in [1.82, 2.24) is 0 Å². The first-order chi connectivity index (χ1) is 11.7. The SMILES string of the molecule is C=CCOc1cccc(/C=C/C(=O)c2ccc(OC)c(OC)c2)c1. The molecule has 4 heteroatoms. The van der Waals surface area contributed by atoms with E-state index < -0.39 is 0 Å². The molecule has 0 N–H and O–H groups in total. The van der Waals surface area contributed by atoms with Crippen LogP contribution in [-0.2, 0) is 0 Å². The molecule has 0 heterocycles. The van der Waals surface area contributed by atoms with Crippen LogP contribution in [0.25, 0.3) is 6.08 Å². The van der Waals surface area contributed by atoms with Gasteiger partial charge in [-0.15, -0.1) is 0 Å². The van der Waals surface area contributed by atoms with Gasteiger partial charge < -0.3 is 14.2 Å². The zero-order valence-electron chi connectivity index (χ0n) is 13.8. The van der Waals surface area contributed by atoms with E-state index in [9.17, 15) is 4.79 Å².